The van der Waals surface area contributed by atoms with E-state index in [1.807, 2.05) is 6.20 Å². The summed E-state index contributed by atoms with van der Waals surface area (Å²) < 4.78 is 1.75. The molecule has 3 amide bonds. The Morgan fingerprint density at radius 2 is 1.77 bits per heavy atom. The fraction of sp³-hybridized carbons (Fsp3) is 0.238. The minimum Gasteiger partial charge on any atom is -0.356 e. The summed E-state index contributed by atoms with van der Waals surface area (Å²) in [7, 11) is 0. The van der Waals surface area contributed by atoms with Crippen molar-refractivity contribution in [1.82, 2.24) is 19.6 Å². The molecule has 0 spiro atoms. The number of pyridine rings is 1. The van der Waals surface area contributed by atoms with Crippen LogP contribution in [0.15, 0.2) is 42.7 Å². The number of hydrogen-bond acceptors (Lipinski definition) is 4. The zero-order valence-electron chi connectivity index (χ0n) is 15.9. The zero-order chi connectivity index (χ0) is 21.3. The Morgan fingerprint density at radius 1 is 1.07 bits per heavy atom. The average Bonchev–Trinajstić information content (AvgIpc) is 3.23. The Kier molecular flexibility index (Phi) is 5.74. The van der Waals surface area contributed by atoms with Crippen LogP contribution >= 0.6 is 23.2 Å². The first kappa shape index (κ1) is 20.4. The highest BCUT2D eigenvalue weighted by Crippen LogP contribution is 2.23. The van der Waals surface area contributed by atoms with Gasteiger partial charge in [0.05, 0.1) is 26.9 Å². The highest BCUT2D eigenvalue weighted by atomic mass is 35.5. The summed E-state index contributed by atoms with van der Waals surface area (Å²) in [6, 6.07) is 8.37. The van der Waals surface area contributed by atoms with Gasteiger partial charge in [-0.25, -0.2) is 4.98 Å². The molecule has 0 aliphatic carbocycles. The second-order valence-electron chi connectivity index (χ2n) is 6.98. The summed E-state index contributed by atoms with van der Waals surface area (Å²) in [6.45, 7) is 0.631. The molecule has 1 aromatic carbocycles. The lowest BCUT2D eigenvalue weighted by atomic mass is 10.1. The van der Waals surface area contributed by atoms with Crippen molar-refractivity contribution in [2.75, 3.05) is 13.1 Å². The molecule has 1 aliphatic rings. The number of carbonyl (C=O) groups is 3. The van der Waals surface area contributed by atoms with Crippen molar-refractivity contribution >= 4 is 46.6 Å². The third kappa shape index (κ3) is 4.04. The van der Waals surface area contributed by atoms with Gasteiger partial charge in [0.2, 0.25) is 5.91 Å². The molecule has 0 radical (unpaired) electrons. The fourth-order valence-electron chi connectivity index (χ4n) is 3.45. The predicted molar refractivity (Wildman–Crippen MR) is 113 cm³/mol. The highest BCUT2D eigenvalue weighted by molar-refractivity contribution is 6.36. The van der Waals surface area contributed by atoms with E-state index < -0.39 is 0 Å². The average molecular weight is 445 g/mol. The number of halogens is 2. The van der Waals surface area contributed by atoms with Gasteiger partial charge in [0.15, 0.2) is 5.65 Å². The van der Waals surface area contributed by atoms with Crippen LogP contribution in [0, 0.1) is 0 Å². The van der Waals surface area contributed by atoms with Crippen molar-refractivity contribution < 1.29 is 14.4 Å². The molecule has 154 valence electrons. The van der Waals surface area contributed by atoms with Gasteiger partial charge in [-0.05, 0) is 24.6 Å². The highest BCUT2D eigenvalue weighted by Gasteiger charge is 2.34. The molecular formula is C21H18Cl2N4O3. The first-order chi connectivity index (χ1) is 14.4. The van der Waals surface area contributed by atoms with Gasteiger partial charge in [-0.1, -0.05) is 35.3 Å². The molecule has 30 heavy (non-hydrogen) atoms. The van der Waals surface area contributed by atoms with E-state index in [-0.39, 0.29) is 30.7 Å². The van der Waals surface area contributed by atoms with Crippen LogP contribution in [0.1, 0.15) is 39.3 Å². The number of benzene rings is 1. The van der Waals surface area contributed by atoms with Crippen molar-refractivity contribution in [2.24, 2.45) is 0 Å². The lowest BCUT2D eigenvalue weighted by molar-refractivity contribution is -0.121. The van der Waals surface area contributed by atoms with Gasteiger partial charge in [-0.3, -0.25) is 19.3 Å². The topological polar surface area (TPSA) is 83.8 Å². The third-order valence-electron chi connectivity index (χ3n) is 4.89. The largest absolute Gasteiger partial charge is 0.356 e. The summed E-state index contributed by atoms with van der Waals surface area (Å²) in [5.74, 6) is -0.750. The van der Waals surface area contributed by atoms with Crippen LogP contribution in [0.2, 0.25) is 10.0 Å². The number of aromatic nitrogens is 2. The second-order valence-corrected chi connectivity index (χ2v) is 7.82. The Morgan fingerprint density at radius 3 is 2.47 bits per heavy atom. The van der Waals surface area contributed by atoms with Crippen molar-refractivity contribution in [3.63, 3.8) is 0 Å². The van der Waals surface area contributed by atoms with Crippen LogP contribution in [0.25, 0.3) is 5.65 Å². The number of fused-ring (bicyclic) bond motifs is 2. The molecule has 1 aliphatic heterocycles. The Balaban J connectivity index is 1.23. The summed E-state index contributed by atoms with van der Waals surface area (Å²) in [6.07, 6.45) is 4.71. The molecule has 0 unspecified atom stereocenters. The molecule has 1 N–H and O–H groups in total. The first-order valence-corrected chi connectivity index (χ1v) is 10.2. The predicted octanol–water partition coefficient (Wildman–Crippen LogP) is 3.38. The molecular weight excluding hydrogens is 427 g/mol. The van der Waals surface area contributed by atoms with Crippen molar-refractivity contribution in [3.8, 4) is 0 Å². The smallest absolute Gasteiger partial charge is 0.261 e. The maximum Gasteiger partial charge on any atom is 0.261 e. The molecule has 7 nitrogen and oxygen atoms in total. The molecule has 3 aromatic rings. The SMILES string of the molecule is O=C(CCCN1C(=O)c2ccccc2C1=O)NCCc1cn2cc(Cl)cc(Cl)c2n1. The van der Waals surface area contributed by atoms with E-state index in [0.29, 0.717) is 46.2 Å². The number of imidazole rings is 1. The molecule has 0 saturated heterocycles. The monoisotopic (exact) mass is 444 g/mol. The molecule has 0 saturated carbocycles. The van der Waals surface area contributed by atoms with Gasteiger partial charge in [0, 0.05) is 38.3 Å². The number of rotatable bonds is 7. The molecule has 9 heteroatoms. The number of carbonyl (C=O) groups excluding carboxylic acids is 3. The van der Waals surface area contributed by atoms with Crippen LogP contribution in [-0.4, -0.2) is 45.1 Å². The van der Waals surface area contributed by atoms with Crippen LogP contribution in [-0.2, 0) is 11.2 Å². The molecule has 0 fully saturated rings. The van der Waals surface area contributed by atoms with Gasteiger partial charge >= 0.3 is 0 Å². The number of hydrogen-bond donors (Lipinski definition) is 1. The minimum absolute atomic E-state index is 0.142. The second kappa shape index (κ2) is 8.45. The number of nitrogens with zero attached hydrogens (tertiary/aromatic N) is 3. The van der Waals surface area contributed by atoms with Crippen LogP contribution in [0.5, 0.6) is 0 Å². The molecule has 0 atom stereocenters. The summed E-state index contributed by atoms with van der Waals surface area (Å²) in [5.41, 5.74) is 2.23. The van der Waals surface area contributed by atoms with E-state index in [9.17, 15) is 14.4 Å². The van der Waals surface area contributed by atoms with Gasteiger partial charge in [-0.15, -0.1) is 0 Å². The van der Waals surface area contributed by atoms with Gasteiger partial charge in [0.25, 0.3) is 11.8 Å². The normalized spacial score (nSPS) is 13.2. The fourth-order valence-corrected chi connectivity index (χ4v) is 3.98. The molecule has 2 aromatic heterocycles. The summed E-state index contributed by atoms with van der Waals surface area (Å²) in [5, 5.41) is 3.81. The number of imide groups is 1. The lowest BCUT2D eigenvalue weighted by Gasteiger charge is -2.13. The number of nitrogens with one attached hydrogen (secondary N) is 1. The van der Waals surface area contributed by atoms with E-state index in [1.54, 1.807) is 40.9 Å². The van der Waals surface area contributed by atoms with Gasteiger partial charge < -0.3 is 9.72 Å². The zero-order valence-corrected chi connectivity index (χ0v) is 17.4. The van der Waals surface area contributed by atoms with Crippen LogP contribution < -0.4 is 5.32 Å². The Labute approximate surface area is 182 Å². The van der Waals surface area contributed by atoms with Gasteiger partial charge in [0.1, 0.15) is 0 Å². The van der Waals surface area contributed by atoms with Crippen molar-refractivity contribution in [1.29, 1.82) is 0 Å². The molecule has 3 heterocycles. The first-order valence-electron chi connectivity index (χ1n) is 9.48. The Bertz CT molecular complexity index is 1120. The van der Waals surface area contributed by atoms with E-state index in [1.165, 1.54) is 4.90 Å². The summed E-state index contributed by atoms with van der Waals surface area (Å²) in [4.78, 5) is 42.4. The maximum atomic E-state index is 12.3. The van der Waals surface area contributed by atoms with Crippen molar-refractivity contribution in [2.45, 2.75) is 19.3 Å². The Hall–Kier alpha value is -2.90. The van der Waals surface area contributed by atoms with E-state index in [0.717, 1.165) is 5.69 Å². The van der Waals surface area contributed by atoms with Crippen LogP contribution in [0.3, 0.4) is 0 Å². The summed E-state index contributed by atoms with van der Waals surface area (Å²) >= 11 is 12.1. The van der Waals surface area contributed by atoms with E-state index in [2.05, 4.69) is 10.3 Å². The molecule has 0 bridgehead atoms. The maximum absolute atomic E-state index is 12.3. The minimum atomic E-state index is -0.304. The molecule has 4 rings (SSSR count). The van der Waals surface area contributed by atoms with Crippen molar-refractivity contribution in [3.05, 3.63) is 69.6 Å². The van der Waals surface area contributed by atoms with E-state index >= 15 is 0 Å². The number of amides is 3. The third-order valence-corrected chi connectivity index (χ3v) is 5.37. The quantitative estimate of drug-likeness (QED) is 0.566. The lowest BCUT2D eigenvalue weighted by Crippen LogP contribution is -2.32. The van der Waals surface area contributed by atoms with E-state index in [4.69, 9.17) is 23.2 Å². The standard InChI is InChI=1S/C21H18Cl2N4O3/c22-13-10-17(23)19-25-14(12-26(19)11-13)7-8-24-18(28)6-3-9-27-20(29)15-4-1-2-5-16(15)21(27)30/h1-2,4-5,10-12H,3,6-9H2,(H,24,28). The van der Waals surface area contributed by atoms with Crippen LogP contribution in [0.4, 0.5) is 0 Å². The van der Waals surface area contributed by atoms with Gasteiger partial charge in [-0.2, -0.15) is 0 Å².